The highest BCUT2D eigenvalue weighted by Gasteiger charge is 2.30. The van der Waals surface area contributed by atoms with Crippen LogP contribution in [0.2, 0.25) is 0 Å². The van der Waals surface area contributed by atoms with Gasteiger partial charge in [0, 0.05) is 11.8 Å². The molecule has 1 aromatic heterocycles. The van der Waals surface area contributed by atoms with E-state index in [0.29, 0.717) is 5.56 Å². The Hall–Kier alpha value is -2.57. The molecule has 0 aliphatic carbocycles. The molecule has 0 aliphatic heterocycles. The molecule has 0 spiro atoms. The maximum Gasteiger partial charge on any atom is 0.416 e. The van der Waals surface area contributed by atoms with E-state index in [0.717, 1.165) is 12.1 Å². The Balaban J connectivity index is 2.54. The number of methoxy groups -OCH3 is 1. The second kappa shape index (κ2) is 5.43. The van der Waals surface area contributed by atoms with Crippen molar-refractivity contribution in [1.29, 1.82) is 0 Å². The van der Waals surface area contributed by atoms with Gasteiger partial charge in [-0.3, -0.25) is 0 Å². The summed E-state index contributed by atoms with van der Waals surface area (Å²) in [6, 6.07) is 5.71. The molecule has 7 heteroatoms. The lowest BCUT2D eigenvalue weighted by Gasteiger charge is -2.12. The summed E-state index contributed by atoms with van der Waals surface area (Å²) in [6.07, 6.45) is -3.10. The normalized spacial score (nSPS) is 11.2. The van der Waals surface area contributed by atoms with Gasteiger partial charge in [0.25, 0.3) is 0 Å². The van der Waals surface area contributed by atoms with E-state index >= 15 is 0 Å². The van der Waals surface area contributed by atoms with Crippen LogP contribution >= 0.6 is 0 Å². The molecule has 4 nitrogen and oxygen atoms in total. The molecule has 110 valence electrons. The highest BCUT2D eigenvalue weighted by atomic mass is 19.4. The first-order valence-electron chi connectivity index (χ1n) is 5.85. The molecule has 1 aromatic carbocycles. The number of rotatable bonds is 2. The predicted molar refractivity (Wildman–Crippen MR) is 70.4 cm³/mol. The summed E-state index contributed by atoms with van der Waals surface area (Å²) in [5, 5.41) is 0. The van der Waals surface area contributed by atoms with Crippen molar-refractivity contribution in [1.82, 2.24) is 4.98 Å². The third kappa shape index (κ3) is 2.96. The third-order valence-corrected chi connectivity index (χ3v) is 2.89. The molecule has 2 aromatic rings. The van der Waals surface area contributed by atoms with Crippen LogP contribution in [0.4, 0.5) is 19.0 Å². The highest BCUT2D eigenvalue weighted by molar-refractivity contribution is 5.99. The van der Waals surface area contributed by atoms with Crippen molar-refractivity contribution >= 4 is 11.8 Å². The van der Waals surface area contributed by atoms with Gasteiger partial charge in [-0.15, -0.1) is 0 Å². The number of nitrogen functional groups attached to an aromatic ring is 1. The summed E-state index contributed by atoms with van der Waals surface area (Å²) in [6.45, 7) is 0. The van der Waals surface area contributed by atoms with E-state index < -0.39 is 17.7 Å². The highest BCUT2D eigenvalue weighted by Crippen LogP contribution is 2.33. The second-order valence-electron chi connectivity index (χ2n) is 4.19. The molecule has 0 radical (unpaired) electrons. The number of hydrogen-bond donors (Lipinski definition) is 1. The number of esters is 1. The predicted octanol–water partition coefficient (Wildman–Crippen LogP) is 3.14. The van der Waals surface area contributed by atoms with Gasteiger partial charge in [-0.1, -0.05) is 12.1 Å². The summed E-state index contributed by atoms with van der Waals surface area (Å²) in [4.78, 5) is 15.6. The standard InChI is InChI=1S/C14H11F3N2O2/c1-21-13(20)10-6-7-19-12(18)11(10)8-2-4-9(5-3-8)14(15,16)17/h2-7H,1H3,(H2,18,19). The Morgan fingerprint density at radius 3 is 2.33 bits per heavy atom. The van der Waals surface area contributed by atoms with Crippen molar-refractivity contribution in [3.8, 4) is 11.1 Å². The van der Waals surface area contributed by atoms with Gasteiger partial charge in [0.15, 0.2) is 0 Å². The molecule has 1 heterocycles. The van der Waals surface area contributed by atoms with Crippen molar-refractivity contribution in [2.45, 2.75) is 6.18 Å². The van der Waals surface area contributed by atoms with Gasteiger partial charge in [0.2, 0.25) is 0 Å². The molecule has 0 unspecified atom stereocenters. The van der Waals surface area contributed by atoms with Crippen LogP contribution in [0.5, 0.6) is 0 Å². The van der Waals surface area contributed by atoms with E-state index in [4.69, 9.17) is 5.73 Å². The minimum absolute atomic E-state index is 0.0395. The van der Waals surface area contributed by atoms with Crippen molar-refractivity contribution in [2.24, 2.45) is 0 Å². The zero-order valence-corrected chi connectivity index (χ0v) is 10.9. The van der Waals surface area contributed by atoms with E-state index in [1.807, 2.05) is 0 Å². The Morgan fingerprint density at radius 2 is 1.81 bits per heavy atom. The molecule has 2 rings (SSSR count). The van der Waals surface area contributed by atoms with Crippen LogP contribution in [0.3, 0.4) is 0 Å². The maximum absolute atomic E-state index is 12.6. The van der Waals surface area contributed by atoms with Gasteiger partial charge in [-0.2, -0.15) is 13.2 Å². The lowest BCUT2D eigenvalue weighted by molar-refractivity contribution is -0.137. The smallest absolute Gasteiger partial charge is 0.416 e. The largest absolute Gasteiger partial charge is 0.465 e. The van der Waals surface area contributed by atoms with Crippen LogP contribution in [0.15, 0.2) is 36.5 Å². The van der Waals surface area contributed by atoms with Gasteiger partial charge >= 0.3 is 12.1 Å². The molecule has 0 saturated carbocycles. The maximum atomic E-state index is 12.6. The lowest BCUT2D eigenvalue weighted by atomic mass is 9.99. The first-order valence-corrected chi connectivity index (χ1v) is 5.85. The van der Waals surface area contributed by atoms with Crippen LogP contribution in [0.1, 0.15) is 15.9 Å². The van der Waals surface area contributed by atoms with E-state index in [1.54, 1.807) is 0 Å². The van der Waals surface area contributed by atoms with Crippen LogP contribution in [-0.4, -0.2) is 18.1 Å². The molecule has 0 atom stereocenters. The lowest BCUT2D eigenvalue weighted by Crippen LogP contribution is -2.08. The van der Waals surface area contributed by atoms with Gasteiger partial charge in [0.1, 0.15) is 5.82 Å². The van der Waals surface area contributed by atoms with Crippen LogP contribution in [0.25, 0.3) is 11.1 Å². The number of aromatic nitrogens is 1. The molecular formula is C14H11F3N2O2. The minimum Gasteiger partial charge on any atom is -0.465 e. The van der Waals surface area contributed by atoms with E-state index in [2.05, 4.69) is 9.72 Å². The number of halogens is 3. The Bertz CT molecular complexity index is 667. The number of nitrogens with zero attached hydrogens (tertiary/aromatic N) is 1. The van der Waals surface area contributed by atoms with Gasteiger partial charge < -0.3 is 10.5 Å². The molecule has 21 heavy (non-hydrogen) atoms. The van der Waals surface area contributed by atoms with E-state index in [1.165, 1.54) is 31.5 Å². The number of carbonyl (C=O) groups is 1. The average molecular weight is 296 g/mol. The number of alkyl halides is 3. The van der Waals surface area contributed by atoms with Crippen LogP contribution in [-0.2, 0) is 10.9 Å². The van der Waals surface area contributed by atoms with Crippen molar-refractivity contribution in [3.05, 3.63) is 47.7 Å². The van der Waals surface area contributed by atoms with Crippen LogP contribution in [0, 0.1) is 0 Å². The van der Waals surface area contributed by atoms with E-state index in [-0.39, 0.29) is 16.9 Å². The topological polar surface area (TPSA) is 65.2 Å². The molecule has 0 bridgehead atoms. The first kappa shape index (κ1) is 14.8. The minimum atomic E-state index is -4.43. The van der Waals surface area contributed by atoms with E-state index in [9.17, 15) is 18.0 Å². The number of carbonyl (C=O) groups excluding carboxylic acids is 1. The van der Waals surface area contributed by atoms with Gasteiger partial charge in [0.05, 0.1) is 18.2 Å². The second-order valence-corrected chi connectivity index (χ2v) is 4.19. The SMILES string of the molecule is COC(=O)c1ccnc(N)c1-c1ccc(C(F)(F)F)cc1. The van der Waals surface area contributed by atoms with Crippen LogP contribution < -0.4 is 5.73 Å². The van der Waals surface area contributed by atoms with Crippen molar-refractivity contribution in [2.75, 3.05) is 12.8 Å². The number of pyridine rings is 1. The zero-order chi connectivity index (χ0) is 15.6. The molecule has 2 N–H and O–H groups in total. The Kier molecular flexibility index (Phi) is 3.84. The van der Waals surface area contributed by atoms with Crippen molar-refractivity contribution < 1.29 is 22.7 Å². The fraction of sp³-hybridized carbons (Fsp3) is 0.143. The summed E-state index contributed by atoms with van der Waals surface area (Å²) in [7, 11) is 1.20. The molecule has 0 fully saturated rings. The Morgan fingerprint density at radius 1 is 1.19 bits per heavy atom. The fourth-order valence-electron chi connectivity index (χ4n) is 1.89. The molecule has 0 amide bonds. The first-order chi connectivity index (χ1) is 9.84. The summed E-state index contributed by atoms with van der Waals surface area (Å²) in [5.74, 6) is -0.600. The van der Waals surface area contributed by atoms with Crippen molar-refractivity contribution in [3.63, 3.8) is 0 Å². The summed E-state index contributed by atoms with van der Waals surface area (Å²) >= 11 is 0. The molecule has 0 aliphatic rings. The van der Waals surface area contributed by atoms with Gasteiger partial charge in [-0.05, 0) is 23.8 Å². The summed E-state index contributed by atoms with van der Waals surface area (Å²) < 4.78 is 42.3. The Labute approximate surface area is 118 Å². The fourth-order valence-corrected chi connectivity index (χ4v) is 1.89. The number of benzene rings is 1. The number of ether oxygens (including phenoxy) is 1. The number of anilines is 1. The molecular weight excluding hydrogens is 285 g/mol. The third-order valence-electron chi connectivity index (χ3n) is 2.89. The number of nitrogens with two attached hydrogens (primary N) is 1. The quantitative estimate of drug-likeness (QED) is 0.865. The van der Waals surface area contributed by atoms with Gasteiger partial charge in [-0.25, -0.2) is 9.78 Å². The monoisotopic (exact) mass is 296 g/mol. The summed E-state index contributed by atoms with van der Waals surface area (Å²) in [5.41, 5.74) is 5.69. The zero-order valence-electron chi connectivity index (χ0n) is 10.9. The molecule has 0 saturated heterocycles. The average Bonchev–Trinajstić information content (AvgIpc) is 2.45. The number of hydrogen-bond acceptors (Lipinski definition) is 4.